The summed E-state index contributed by atoms with van der Waals surface area (Å²) in [6.07, 6.45) is 4.55. The number of hydrogen-bond donors (Lipinski definition) is 1. The molecule has 0 radical (unpaired) electrons. The molecular formula is C20H31IN4O. The third-order valence-corrected chi connectivity index (χ3v) is 5.11. The fourth-order valence-electron chi connectivity index (χ4n) is 3.77. The molecule has 1 unspecified atom stereocenters. The summed E-state index contributed by atoms with van der Waals surface area (Å²) in [6.45, 7) is 7.00. The highest BCUT2D eigenvalue weighted by atomic mass is 127. The van der Waals surface area contributed by atoms with Crippen molar-refractivity contribution in [2.24, 2.45) is 10.9 Å². The highest BCUT2D eigenvalue weighted by Gasteiger charge is 2.25. The van der Waals surface area contributed by atoms with Gasteiger partial charge in [-0.15, -0.1) is 24.0 Å². The maximum atomic E-state index is 12.2. The normalized spacial score (nSPS) is 20.2. The van der Waals surface area contributed by atoms with Gasteiger partial charge in [-0.05, 0) is 44.1 Å². The molecule has 0 bridgehead atoms. The lowest BCUT2D eigenvalue weighted by molar-refractivity contribution is -0.128. The van der Waals surface area contributed by atoms with E-state index < -0.39 is 0 Å². The molecule has 5 nitrogen and oxygen atoms in total. The van der Waals surface area contributed by atoms with E-state index in [4.69, 9.17) is 0 Å². The Balaban J connectivity index is 0.00000243. The molecule has 1 N–H and O–H groups in total. The Kier molecular flexibility index (Phi) is 8.68. The summed E-state index contributed by atoms with van der Waals surface area (Å²) in [5.41, 5.74) is 1.40. The summed E-state index contributed by atoms with van der Waals surface area (Å²) in [7, 11) is 0. The van der Waals surface area contributed by atoms with Crippen molar-refractivity contribution in [2.75, 3.05) is 39.3 Å². The highest BCUT2D eigenvalue weighted by molar-refractivity contribution is 14.0. The van der Waals surface area contributed by atoms with Crippen LogP contribution in [0.2, 0.25) is 0 Å². The Hall–Kier alpha value is -1.31. The standard InChI is InChI=1S/C20H30N4O.HI/c1-2-21-20(22-15-19(25)23-11-6-7-12-23)24-13-10-18(16-24)14-17-8-4-3-5-9-17;/h3-5,8-9,18H,2,6-7,10-16H2,1H3,(H,21,22);1H. The molecule has 0 aliphatic carbocycles. The predicted octanol–water partition coefficient (Wildman–Crippen LogP) is 2.76. The highest BCUT2D eigenvalue weighted by Crippen LogP contribution is 2.21. The van der Waals surface area contributed by atoms with E-state index in [1.165, 1.54) is 12.0 Å². The number of halogens is 1. The molecule has 1 aromatic rings. The molecule has 3 rings (SSSR count). The summed E-state index contributed by atoms with van der Waals surface area (Å²) in [6, 6.07) is 10.7. The smallest absolute Gasteiger partial charge is 0.244 e. The van der Waals surface area contributed by atoms with Crippen LogP contribution < -0.4 is 5.32 Å². The minimum Gasteiger partial charge on any atom is -0.357 e. The maximum absolute atomic E-state index is 12.2. The molecule has 0 saturated carbocycles. The molecule has 1 amide bonds. The van der Waals surface area contributed by atoms with Gasteiger partial charge in [-0.2, -0.15) is 0 Å². The summed E-state index contributed by atoms with van der Waals surface area (Å²) in [4.78, 5) is 21.1. The SMILES string of the molecule is CCNC(=NCC(=O)N1CCCC1)N1CCC(Cc2ccccc2)C1.I. The van der Waals surface area contributed by atoms with Crippen LogP contribution in [0.4, 0.5) is 0 Å². The van der Waals surface area contributed by atoms with Gasteiger partial charge in [0.2, 0.25) is 5.91 Å². The quantitative estimate of drug-likeness (QED) is 0.409. The van der Waals surface area contributed by atoms with E-state index in [9.17, 15) is 4.79 Å². The van der Waals surface area contributed by atoms with E-state index in [1.54, 1.807) is 0 Å². The van der Waals surface area contributed by atoms with Gasteiger partial charge >= 0.3 is 0 Å². The Labute approximate surface area is 174 Å². The third kappa shape index (κ3) is 5.86. The lowest BCUT2D eigenvalue weighted by Crippen LogP contribution is -2.41. The van der Waals surface area contributed by atoms with Crippen LogP contribution in [-0.2, 0) is 11.2 Å². The van der Waals surface area contributed by atoms with Gasteiger partial charge in [0, 0.05) is 32.7 Å². The van der Waals surface area contributed by atoms with Gasteiger partial charge in [0.1, 0.15) is 6.54 Å². The average Bonchev–Trinajstić information content (AvgIpc) is 3.31. The Morgan fingerprint density at radius 3 is 2.58 bits per heavy atom. The monoisotopic (exact) mass is 470 g/mol. The number of hydrogen-bond acceptors (Lipinski definition) is 2. The maximum Gasteiger partial charge on any atom is 0.244 e. The van der Waals surface area contributed by atoms with Gasteiger partial charge in [0.15, 0.2) is 5.96 Å². The number of nitrogens with one attached hydrogen (secondary N) is 1. The van der Waals surface area contributed by atoms with Crippen LogP contribution in [0.15, 0.2) is 35.3 Å². The number of benzene rings is 1. The molecule has 2 heterocycles. The number of carbonyl (C=O) groups is 1. The first-order chi connectivity index (χ1) is 12.3. The number of nitrogens with zero attached hydrogens (tertiary/aromatic N) is 3. The number of aliphatic imine (C=N–C) groups is 1. The van der Waals surface area contributed by atoms with Crippen LogP contribution in [0.5, 0.6) is 0 Å². The van der Waals surface area contributed by atoms with Gasteiger partial charge in [-0.25, -0.2) is 4.99 Å². The van der Waals surface area contributed by atoms with Gasteiger partial charge in [0.25, 0.3) is 0 Å². The molecule has 1 atom stereocenters. The predicted molar refractivity (Wildman–Crippen MR) is 117 cm³/mol. The van der Waals surface area contributed by atoms with Gasteiger partial charge in [0.05, 0.1) is 0 Å². The fourth-order valence-corrected chi connectivity index (χ4v) is 3.77. The lowest BCUT2D eigenvalue weighted by atomic mass is 9.99. The number of amides is 1. The summed E-state index contributed by atoms with van der Waals surface area (Å²) >= 11 is 0. The van der Waals surface area contributed by atoms with E-state index in [1.807, 2.05) is 4.90 Å². The zero-order valence-electron chi connectivity index (χ0n) is 15.7. The van der Waals surface area contributed by atoms with Gasteiger partial charge in [-0.3, -0.25) is 4.79 Å². The molecule has 1 aromatic carbocycles. The van der Waals surface area contributed by atoms with Crippen molar-refractivity contribution in [3.05, 3.63) is 35.9 Å². The molecule has 2 aliphatic rings. The molecule has 26 heavy (non-hydrogen) atoms. The van der Waals surface area contributed by atoms with E-state index in [-0.39, 0.29) is 36.4 Å². The number of rotatable bonds is 5. The Morgan fingerprint density at radius 1 is 1.15 bits per heavy atom. The summed E-state index contributed by atoms with van der Waals surface area (Å²) in [5, 5.41) is 3.36. The zero-order valence-corrected chi connectivity index (χ0v) is 18.0. The zero-order chi connectivity index (χ0) is 17.5. The van der Waals surface area contributed by atoms with Crippen molar-refractivity contribution in [2.45, 2.75) is 32.6 Å². The van der Waals surface area contributed by atoms with Crippen molar-refractivity contribution < 1.29 is 4.79 Å². The molecule has 144 valence electrons. The van der Waals surface area contributed by atoms with Crippen molar-refractivity contribution in [1.82, 2.24) is 15.1 Å². The molecule has 0 aromatic heterocycles. The average molecular weight is 470 g/mol. The Bertz CT molecular complexity index is 587. The summed E-state index contributed by atoms with van der Waals surface area (Å²) in [5.74, 6) is 1.71. The van der Waals surface area contributed by atoms with Crippen molar-refractivity contribution >= 4 is 35.8 Å². The van der Waals surface area contributed by atoms with Crippen molar-refractivity contribution in [3.63, 3.8) is 0 Å². The van der Waals surface area contributed by atoms with Crippen LogP contribution in [0.1, 0.15) is 31.7 Å². The molecule has 2 aliphatic heterocycles. The van der Waals surface area contributed by atoms with Gasteiger partial charge in [-0.1, -0.05) is 30.3 Å². The van der Waals surface area contributed by atoms with Crippen molar-refractivity contribution in [1.29, 1.82) is 0 Å². The van der Waals surface area contributed by atoms with E-state index in [0.29, 0.717) is 5.92 Å². The number of likely N-dealkylation sites (tertiary alicyclic amines) is 2. The Morgan fingerprint density at radius 2 is 1.88 bits per heavy atom. The second-order valence-electron chi connectivity index (χ2n) is 7.05. The first-order valence-corrected chi connectivity index (χ1v) is 9.61. The molecular weight excluding hydrogens is 439 g/mol. The first-order valence-electron chi connectivity index (χ1n) is 9.61. The first kappa shape index (κ1) is 21.0. The second-order valence-corrected chi connectivity index (χ2v) is 7.05. The van der Waals surface area contributed by atoms with E-state index in [0.717, 1.165) is 57.9 Å². The van der Waals surface area contributed by atoms with Gasteiger partial charge < -0.3 is 15.1 Å². The fraction of sp³-hybridized carbons (Fsp3) is 0.600. The minimum absolute atomic E-state index is 0. The van der Waals surface area contributed by atoms with Crippen LogP contribution >= 0.6 is 24.0 Å². The number of carbonyl (C=O) groups excluding carboxylic acids is 1. The van der Waals surface area contributed by atoms with Crippen LogP contribution in [-0.4, -0.2) is 60.9 Å². The van der Waals surface area contributed by atoms with Crippen LogP contribution in [0.25, 0.3) is 0 Å². The molecule has 2 fully saturated rings. The third-order valence-electron chi connectivity index (χ3n) is 5.11. The van der Waals surface area contributed by atoms with Crippen molar-refractivity contribution in [3.8, 4) is 0 Å². The minimum atomic E-state index is 0. The molecule has 6 heteroatoms. The van der Waals surface area contributed by atoms with E-state index >= 15 is 0 Å². The van der Waals surface area contributed by atoms with Crippen LogP contribution in [0, 0.1) is 5.92 Å². The van der Waals surface area contributed by atoms with Crippen LogP contribution in [0.3, 0.4) is 0 Å². The number of guanidine groups is 1. The molecule has 0 spiro atoms. The topological polar surface area (TPSA) is 47.9 Å². The second kappa shape index (κ2) is 10.7. The van der Waals surface area contributed by atoms with E-state index in [2.05, 4.69) is 52.5 Å². The lowest BCUT2D eigenvalue weighted by Gasteiger charge is -2.22. The largest absolute Gasteiger partial charge is 0.357 e. The molecule has 2 saturated heterocycles. The summed E-state index contributed by atoms with van der Waals surface area (Å²) < 4.78 is 0.